The van der Waals surface area contributed by atoms with Gasteiger partial charge >= 0.3 is 0 Å². The van der Waals surface area contributed by atoms with Crippen molar-refractivity contribution in [1.82, 2.24) is 10.2 Å². The summed E-state index contributed by atoms with van der Waals surface area (Å²) in [5.41, 5.74) is 1.48. The number of nitrogens with zero attached hydrogens (tertiary/aromatic N) is 1. The van der Waals surface area contributed by atoms with E-state index in [4.69, 9.17) is 0 Å². The van der Waals surface area contributed by atoms with Gasteiger partial charge in [0.2, 0.25) is 0 Å². The molecule has 1 amide bonds. The van der Waals surface area contributed by atoms with Gasteiger partial charge in [0.15, 0.2) is 0 Å². The molecule has 154 valence electrons. The monoisotopic (exact) mass is 412 g/mol. The molecule has 2 atom stereocenters. The average Bonchev–Trinajstić information content (AvgIpc) is 2.76. The minimum Gasteiger partial charge on any atom is -0.348 e. The van der Waals surface area contributed by atoms with Crippen molar-refractivity contribution in [3.05, 3.63) is 65.5 Å². The highest BCUT2D eigenvalue weighted by molar-refractivity contribution is 7.99. The highest BCUT2D eigenvalue weighted by atomic mass is 32.2. The molecule has 2 fully saturated rings. The van der Waals surface area contributed by atoms with Crippen molar-refractivity contribution in [2.75, 3.05) is 18.8 Å². The van der Waals surface area contributed by atoms with Gasteiger partial charge in [-0.25, -0.2) is 4.39 Å². The molecule has 0 aromatic heterocycles. The van der Waals surface area contributed by atoms with Gasteiger partial charge in [0.25, 0.3) is 5.91 Å². The molecule has 1 N–H and O–H groups in total. The molecule has 3 nitrogen and oxygen atoms in total. The second kappa shape index (κ2) is 9.77. The van der Waals surface area contributed by atoms with E-state index in [0.717, 1.165) is 22.3 Å². The third-order valence-corrected chi connectivity index (χ3v) is 7.42. The van der Waals surface area contributed by atoms with Crippen LogP contribution in [0.3, 0.4) is 0 Å². The first-order valence-corrected chi connectivity index (χ1v) is 11.7. The lowest BCUT2D eigenvalue weighted by atomic mass is 9.85. The molecule has 2 heterocycles. The van der Waals surface area contributed by atoms with Crippen molar-refractivity contribution in [3.63, 3.8) is 0 Å². The van der Waals surface area contributed by atoms with Gasteiger partial charge in [0, 0.05) is 23.2 Å². The standard InChI is InChI=1S/C24H29FN2OS/c25-20-9-5-7-18(15-20)16-26-24(28)21-10-1-2-12-23(21)29-17-19-8-6-14-27-13-4-3-11-22(19)27/h1-2,5,7,9-10,12,15,19,22H,3-4,6,8,11,13-14,16-17H2,(H,26,28)/t19-,22-/m0/s1. The fraction of sp³-hybridized carbons (Fsp3) is 0.458. The first-order valence-electron chi connectivity index (χ1n) is 10.7. The lowest BCUT2D eigenvalue weighted by molar-refractivity contribution is 0.0693. The maximum absolute atomic E-state index is 13.4. The molecule has 2 aliphatic heterocycles. The van der Waals surface area contributed by atoms with Crippen molar-refractivity contribution >= 4 is 17.7 Å². The zero-order chi connectivity index (χ0) is 20.1. The zero-order valence-electron chi connectivity index (χ0n) is 16.8. The Labute approximate surface area is 177 Å². The number of halogens is 1. The lowest BCUT2D eigenvalue weighted by Gasteiger charge is -2.44. The van der Waals surface area contributed by atoms with E-state index in [0.29, 0.717) is 18.0 Å². The second-order valence-corrected chi connectivity index (χ2v) is 9.18. The van der Waals surface area contributed by atoms with E-state index < -0.39 is 0 Å². The second-order valence-electron chi connectivity index (χ2n) is 8.12. The molecule has 0 aliphatic carbocycles. The first-order chi connectivity index (χ1) is 14.2. The van der Waals surface area contributed by atoms with Gasteiger partial charge in [-0.15, -0.1) is 11.8 Å². The SMILES string of the molecule is O=C(NCc1cccc(F)c1)c1ccccc1SC[C@@H]1CCCN2CCCC[C@@H]12. The Morgan fingerprint density at radius 1 is 1.07 bits per heavy atom. The van der Waals surface area contributed by atoms with Crippen molar-refractivity contribution in [3.8, 4) is 0 Å². The molecular formula is C24H29FN2OS. The summed E-state index contributed by atoms with van der Waals surface area (Å²) in [5, 5.41) is 2.94. The van der Waals surface area contributed by atoms with Gasteiger partial charge in [-0.05, 0) is 74.5 Å². The number of benzene rings is 2. The van der Waals surface area contributed by atoms with Gasteiger partial charge in [-0.2, -0.15) is 0 Å². The molecule has 0 spiro atoms. The topological polar surface area (TPSA) is 32.3 Å². The van der Waals surface area contributed by atoms with E-state index >= 15 is 0 Å². The van der Waals surface area contributed by atoms with Crippen LogP contribution in [0.15, 0.2) is 53.4 Å². The number of carbonyl (C=O) groups excluding carboxylic acids is 1. The van der Waals surface area contributed by atoms with Gasteiger partial charge in [0.05, 0.1) is 5.56 Å². The number of amides is 1. The fourth-order valence-electron chi connectivity index (χ4n) is 4.67. The van der Waals surface area contributed by atoms with Crippen LogP contribution in [0.5, 0.6) is 0 Å². The van der Waals surface area contributed by atoms with Gasteiger partial charge in [-0.3, -0.25) is 4.79 Å². The summed E-state index contributed by atoms with van der Waals surface area (Å²) in [6.07, 6.45) is 6.59. The molecule has 0 unspecified atom stereocenters. The van der Waals surface area contributed by atoms with Crippen molar-refractivity contribution in [2.24, 2.45) is 5.92 Å². The summed E-state index contributed by atoms with van der Waals surface area (Å²) in [7, 11) is 0. The largest absolute Gasteiger partial charge is 0.348 e. The Hall–Kier alpha value is -1.85. The molecule has 2 saturated heterocycles. The predicted octanol–water partition coefficient (Wildman–Crippen LogP) is 5.11. The molecule has 2 aromatic rings. The van der Waals surface area contributed by atoms with Gasteiger partial charge in [0.1, 0.15) is 5.82 Å². The van der Waals surface area contributed by atoms with Gasteiger partial charge < -0.3 is 10.2 Å². The third kappa shape index (κ3) is 5.20. The quantitative estimate of drug-likeness (QED) is 0.669. The van der Waals surface area contributed by atoms with Crippen LogP contribution in [0.2, 0.25) is 0 Å². The normalized spacial score (nSPS) is 22.1. The Bertz CT molecular complexity index is 841. The summed E-state index contributed by atoms with van der Waals surface area (Å²) >= 11 is 1.81. The number of hydrogen-bond acceptors (Lipinski definition) is 3. The molecule has 2 aromatic carbocycles. The van der Waals surface area contributed by atoms with Crippen LogP contribution in [0.1, 0.15) is 48.0 Å². The van der Waals surface area contributed by atoms with Crippen molar-refractivity contribution in [1.29, 1.82) is 0 Å². The van der Waals surface area contributed by atoms with E-state index in [1.54, 1.807) is 6.07 Å². The summed E-state index contributed by atoms with van der Waals surface area (Å²) in [6, 6.07) is 14.9. The first kappa shape index (κ1) is 20.4. The van der Waals surface area contributed by atoms with E-state index in [2.05, 4.69) is 10.2 Å². The van der Waals surface area contributed by atoms with E-state index in [-0.39, 0.29) is 11.7 Å². The lowest BCUT2D eigenvalue weighted by Crippen LogP contribution is -2.48. The highest BCUT2D eigenvalue weighted by Gasteiger charge is 2.32. The Morgan fingerprint density at radius 3 is 2.83 bits per heavy atom. The van der Waals surface area contributed by atoms with E-state index in [1.165, 1.54) is 57.3 Å². The molecule has 4 rings (SSSR count). The third-order valence-electron chi connectivity index (χ3n) is 6.16. The minimum absolute atomic E-state index is 0.0969. The van der Waals surface area contributed by atoms with Crippen LogP contribution in [-0.2, 0) is 6.54 Å². The predicted molar refractivity (Wildman–Crippen MR) is 117 cm³/mol. The van der Waals surface area contributed by atoms with E-state index in [1.807, 2.05) is 42.1 Å². The fourth-order valence-corrected chi connectivity index (χ4v) is 5.95. The number of rotatable bonds is 6. The average molecular weight is 413 g/mol. The molecule has 2 aliphatic rings. The molecule has 0 bridgehead atoms. The number of hydrogen-bond donors (Lipinski definition) is 1. The summed E-state index contributed by atoms with van der Waals surface area (Å²) in [6.45, 7) is 2.84. The maximum Gasteiger partial charge on any atom is 0.252 e. The molecule has 0 saturated carbocycles. The van der Waals surface area contributed by atoms with E-state index in [9.17, 15) is 9.18 Å². The molecule has 5 heteroatoms. The Kier molecular flexibility index (Phi) is 6.88. The molecular weight excluding hydrogens is 383 g/mol. The Morgan fingerprint density at radius 2 is 1.93 bits per heavy atom. The number of carbonyl (C=O) groups is 1. The van der Waals surface area contributed by atoms with Crippen molar-refractivity contribution in [2.45, 2.75) is 49.6 Å². The summed E-state index contributed by atoms with van der Waals surface area (Å²) in [5.74, 6) is 1.39. The van der Waals surface area contributed by atoms with Crippen LogP contribution in [-0.4, -0.2) is 35.7 Å². The maximum atomic E-state index is 13.4. The van der Waals surface area contributed by atoms with Crippen LogP contribution < -0.4 is 5.32 Å². The van der Waals surface area contributed by atoms with Crippen LogP contribution >= 0.6 is 11.8 Å². The summed E-state index contributed by atoms with van der Waals surface area (Å²) < 4.78 is 13.4. The number of piperidine rings is 2. The van der Waals surface area contributed by atoms with Crippen LogP contribution in [0, 0.1) is 11.7 Å². The number of fused-ring (bicyclic) bond motifs is 1. The molecule has 0 radical (unpaired) electrons. The van der Waals surface area contributed by atoms with Gasteiger partial charge in [-0.1, -0.05) is 30.7 Å². The zero-order valence-corrected chi connectivity index (χ0v) is 17.6. The van der Waals surface area contributed by atoms with Crippen molar-refractivity contribution < 1.29 is 9.18 Å². The minimum atomic E-state index is -0.281. The number of thioether (sulfide) groups is 1. The Balaban J connectivity index is 1.38. The highest BCUT2D eigenvalue weighted by Crippen LogP contribution is 2.35. The number of nitrogens with one attached hydrogen (secondary N) is 1. The molecule has 29 heavy (non-hydrogen) atoms. The van der Waals surface area contributed by atoms with Crippen LogP contribution in [0.25, 0.3) is 0 Å². The smallest absolute Gasteiger partial charge is 0.252 e. The summed E-state index contributed by atoms with van der Waals surface area (Å²) in [4.78, 5) is 16.5. The van der Waals surface area contributed by atoms with Crippen LogP contribution in [0.4, 0.5) is 4.39 Å².